The number of aliphatic imine (C=N–C) groups is 1. The van der Waals surface area contributed by atoms with E-state index in [1.165, 1.54) is 6.33 Å². The minimum atomic E-state index is -0.149. The van der Waals surface area contributed by atoms with E-state index in [0.29, 0.717) is 74.6 Å². The van der Waals surface area contributed by atoms with E-state index in [1.807, 2.05) is 0 Å². The molecule has 2 aliphatic heterocycles. The zero-order chi connectivity index (χ0) is 24.2. The lowest BCUT2D eigenvalue weighted by Crippen LogP contribution is -2.37. The first-order chi connectivity index (χ1) is 17.1. The number of carbonyl (C=O) groups is 1. The highest BCUT2D eigenvalue weighted by Crippen LogP contribution is 2.30. The first-order valence-corrected chi connectivity index (χ1v) is 12.0. The molecule has 35 heavy (non-hydrogen) atoms. The van der Waals surface area contributed by atoms with Gasteiger partial charge in [-0.05, 0) is 12.5 Å². The van der Waals surface area contributed by atoms with Gasteiger partial charge in [0.15, 0.2) is 5.88 Å². The monoisotopic (exact) mass is 481 g/mol. The lowest BCUT2D eigenvalue weighted by molar-refractivity contribution is -0.130. The zero-order valence-corrected chi connectivity index (χ0v) is 19.9. The van der Waals surface area contributed by atoms with Crippen LogP contribution in [0, 0.1) is 0 Å². The van der Waals surface area contributed by atoms with Gasteiger partial charge in [-0.15, -0.1) is 0 Å². The van der Waals surface area contributed by atoms with Gasteiger partial charge in [0.05, 0.1) is 42.5 Å². The molecule has 1 atom stereocenters. The number of anilines is 1. The van der Waals surface area contributed by atoms with E-state index in [1.54, 1.807) is 18.2 Å². The van der Waals surface area contributed by atoms with Crippen LogP contribution in [0.1, 0.15) is 24.8 Å². The van der Waals surface area contributed by atoms with Gasteiger partial charge in [-0.3, -0.25) is 9.79 Å². The molecule has 11 heteroatoms. The smallest absolute Gasteiger partial charge is 0.222 e. The summed E-state index contributed by atoms with van der Waals surface area (Å²) in [5, 5.41) is 14.5. The van der Waals surface area contributed by atoms with Crippen molar-refractivity contribution >= 4 is 29.0 Å². The summed E-state index contributed by atoms with van der Waals surface area (Å²) in [4.78, 5) is 32.8. The maximum atomic E-state index is 12.6. The van der Waals surface area contributed by atoms with Crippen LogP contribution < -0.4 is 5.32 Å². The fourth-order valence-electron chi connectivity index (χ4n) is 4.52. The van der Waals surface area contributed by atoms with Crippen molar-refractivity contribution in [2.75, 3.05) is 58.4 Å². The molecule has 1 aliphatic carbocycles. The number of morpholine rings is 1. The summed E-state index contributed by atoms with van der Waals surface area (Å²) in [6.45, 7) is 4.48. The van der Waals surface area contributed by atoms with Gasteiger partial charge in [-0.2, -0.15) is 0 Å². The summed E-state index contributed by atoms with van der Waals surface area (Å²) in [6.07, 6.45) is 8.87. The molecule has 4 heterocycles. The molecule has 1 amide bonds. The molecule has 0 radical (unpaired) electrons. The van der Waals surface area contributed by atoms with Crippen LogP contribution in [0.5, 0.6) is 5.88 Å². The Morgan fingerprint density at radius 2 is 2.03 bits per heavy atom. The second-order valence-electron chi connectivity index (χ2n) is 8.84. The van der Waals surface area contributed by atoms with Crippen molar-refractivity contribution in [2.45, 2.75) is 25.3 Å². The number of likely N-dealkylation sites (N-methyl/N-ethyl adjacent to an activating group) is 1. The van der Waals surface area contributed by atoms with Crippen LogP contribution in [0.15, 0.2) is 34.9 Å². The molecule has 2 aromatic rings. The number of nitrogens with one attached hydrogen (secondary N) is 2. The van der Waals surface area contributed by atoms with E-state index in [4.69, 9.17) is 14.5 Å². The summed E-state index contributed by atoms with van der Waals surface area (Å²) in [5.74, 6) is 1.50. The van der Waals surface area contributed by atoms with Gasteiger partial charge in [0, 0.05) is 52.3 Å². The summed E-state index contributed by atoms with van der Waals surface area (Å²) < 4.78 is 11.7. The molecular weight excluding hydrogens is 450 g/mol. The number of ether oxygens (including phenoxy) is 2. The quantitative estimate of drug-likeness (QED) is 0.561. The Labute approximate surface area is 203 Å². The third-order valence-electron chi connectivity index (χ3n) is 6.49. The molecular formula is C24H31N7O4. The van der Waals surface area contributed by atoms with Crippen LogP contribution in [-0.2, 0) is 14.3 Å². The van der Waals surface area contributed by atoms with Crippen molar-refractivity contribution in [1.82, 2.24) is 24.8 Å². The van der Waals surface area contributed by atoms with E-state index in [2.05, 4.69) is 37.3 Å². The van der Waals surface area contributed by atoms with Crippen LogP contribution in [0.4, 0.5) is 5.82 Å². The zero-order valence-electron chi connectivity index (χ0n) is 19.9. The first-order valence-electron chi connectivity index (χ1n) is 12.0. The number of aromatic hydroxyl groups is 1. The molecule has 3 N–H and O–H groups in total. The van der Waals surface area contributed by atoms with Crippen molar-refractivity contribution in [3.05, 3.63) is 35.5 Å². The predicted octanol–water partition coefficient (Wildman–Crippen LogP) is 1.64. The van der Waals surface area contributed by atoms with E-state index in [-0.39, 0.29) is 17.8 Å². The maximum absolute atomic E-state index is 12.6. The SMILES string of the molecule is CN1CCNc2ncnc3[nH]c(O)c(c23)C=NC2C=CC(N3CCOCC3)=C(C2)OCCCC1=O. The highest BCUT2D eigenvalue weighted by atomic mass is 16.5. The highest BCUT2D eigenvalue weighted by Gasteiger charge is 2.24. The van der Waals surface area contributed by atoms with Gasteiger partial charge in [0.1, 0.15) is 23.6 Å². The highest BCUT2D eigenvalue weighted by molar-refractivity contribution is 6.05. The third kappa shape index (κ3) is 5.09. The predicted molar refractivity (Wildman–Crippen MR) is 131 cm³/mol. The normalized spacial score (nSPS) is 22.2. The number of carbonyl (C=O) groups excluding carboxylic acids is 1. The number of aromatic nitrogens is 3. The number of nitrogens with zero attached hydrogens (tertiary/aromatic N) is 5. The van der Waals surface area contributed by atoms with Crippen molar-refractivity contribution in [2.24, 2.45) is 4.99 Å². The fourth-order valence-corrected chi connectivity index (χ4v) is 4.52. The van der Waals surface area contributed by atoms with Gasteiger partial charge >= 0.3 is 0 Å². The summed E-state index contributed by atoms with van der Waals surface area (Å²) in [6, 6.07) is -0.149. The Morgan fingerprint density at radius 1 is 1.17 bits per heavy atom. The molecule has 1 fully saturated rings. The van der Waals surface area contributed by atoms with E-state index < -0.39 is 0 Å². The largest absolute Gasteiger partial charge is 0.496 e. The van der Waals surface area contributed by atoms with Gasteiger partial charge in [0.2, 0.25) is 5.91 Å². The van der Waals surface area contributed by atoms with Crippen LogP contribution >= 0.6 is 0 Å². The molecule has 5 rings (SSSR count). The lowest BCUT2D eigenvalue weighted by atomic mass is 10.0. The van der Waals surface area contributed by atoms with Gasteiger partial charge in [0.25, 0.3) is 0 Å². The number of fused-ring (bicyclic) bond motifs is 2. The molecule has 2 aromatic heterocycles. The topological polar surface area (TPSA) is 128 Å². The van der Waals surface area contributed by atoms with E-state index in [0.717, 1.165) is 24.5 Å². The molecule has 3 aliphatic rings. The van der Waals surface area contributed by atoms with Gasteiger partial charge in [-0.1, -0.05) is 6.08 Å². The molecule has 0 saturated carbocycles. The molecule has 11 nitrogen and oxygen atoms in total. The number of aromatic amines is 1. The molecule has 0 spiro atoms. The average Bonchev–Trinajstić information content (AvgIpc) is 3.20. The fraction of sp³-hybridized carbons (Fsp3) is 0.500. The van der Waals surface area contributed by atoms with Gasteiger partial charge in [-0.25, -0.2) is 9.97 Å². The Balaban J connectivity index is 1.47. The average molecular weight is 482 g/mol. The number of hydrogen-bond donors (Lipinski definition) is 3. The van der Waals surface area contributed by atoms with Crippen molar-refractivity contribution < 1.29 is 19.4 Å². The minimum Gasteiger partial charge on any atom is -0.496 e. The number of rotatable bonds is 1. The number of allylic oxidation sites excluding steroid dienone is 1. The molecule has 2 bridgehead atoms. The molecule has 0 aromatic carbocycles. The summed E-state index contributed by atoms with van der Waals surface area (Å²) in [7, 11) is 1.80. The molecule has 1 saturated heterocycles. The Morgan fingerprint density at radius 3 is 2.89 bits per heavy atom. The lowest BCUT2D eigenvalue weighted by Gasteiger charge is -2.33. The molecule has 1 unspecified atom stereocenters. The van der Waals surface area contributed by atoms with Gasteiger partial charge < -0.3 is 34.7 Å². The maximum Gasteiger partial charge on any atom is 0.222 e. The van der Waals surface area contributed by atoms with Crippen molar-refractivity contribution in [3.8, 4) is 5.88 Å². The second kappa shape index (κ2) is 10.3. The van der Waals surface area contributed by atoms with Crippen molar-refractivity contribution in [3.63, 3.8) is 0 Å². The standard InChI is InChI=1S/C24H31N7O4/c1-30-7-6-25-22-21-17(24(33)29-23(21)28-15-27-22)14-26-16-4-5-18(31-8-11-34-12-9-31)19(13-16)35-10-2-3-20(30)32/h4-5,14-16,33H,2-3,6-13H2,1H3,(H2,25,27,28,29). The summed E-state index contributed by atoms with van der Waals surface area (Å²) >= 11 is 0. The summed E-state index contributed by atoms with van der Waals surface area (Å²) in [5.41, 5.74) is 2.09. The Kier molecular flexibility index (Phi) is 6.84. The number of H-pyrrole nitrogens is 1. The third-order valence-corrected chi connectivity index (χ3v) is 6.49. The first kappa shape index (κ1) is 23.2. The van der Waals surface area contributed by atoms with E-state index in [9.17, 15) is 9.90 Å². The van der Waals surface area contributed by atoms with E-state index >= 15 is 0 Å². The van der Waals surface area contributed by atoms with Crippen molar-refractivity contribution in [1.29, 1.82) is 0 Å². The van der Waals surface area contributed by atoms with Crippen LogP contribution in [0.25, 0.3) is 11.0 Å². The van der Waals surface area contributed by atoms with Crippen LogP contribution in [0.2, 0.25) is 0 Å². The Bertz CT molecular complexity index is 1170. The second-order valence-corrected chi connectivity index (χ2v) is 8.84. The van der Waals surface area contributed by atoms with Crippen LogP contribution in [-0.4, -0.2) is 101 Å². The van der Waals surface area contributed by atoms with Crippen LogP contribution in [0.3, 0.4) is 0 Å². The molecule has 186 valence electrons. The number of amides is 1. The minimum absolute atomic E-state index is 0.0154. The Hall–Kier alpha value is -3.60. The number of hydrogen-bond acceptors (Lipinski definition) is 9.